The first-order valence-electron chi connectivity index (χ1n) is 9.33. The average molecular weight is 411 g/mol. The van der Waals surface area contributed by atoms with Crippen molar-refractivity contribution in [1.29, 1.82) is 0 Å². The lowest BCUT2D eigenvalue weighted by Crippen LogP contribution is -2.33. The minimum Gasteiger partial charge on any atom is -0.272 e. The van der Waals surface area contributed by atoms with Crippen molar-refractivity contribution in [2.24, 2.45) is 10.2 Å². The Morgan fingerprint density at radius 1 is 0.724 bits per heavy atom. The molecule has 2 unspecified atom stereocenters. The number of thioether (sulfide) groups is 1. The van der Waals surface area contributed by atoms with E-state index in [1.54, 1.807) is 13.8 Å². The zero-order valence-electron chi connectivity index (χ0n) is 17.0. The lowest BCUT2D eigenvalue weighted by Gasteiger charge is -2.15. The summed E-state index contributed by atoms with van der Waals surface area (Å²) in [6.07, 6.45) is 0. The van der Waals surface area contributed by atoms with Crippen molar-refractivity contribution in [3.8, 4) is 0 Å². The predicted molar refractivity (Wildman–Crippen MR) is 120 cm³/mol. The van der Waals surface area contributed by atoms with Crippen molar-refractivity contribution in [1.82, 2.24) is 10.9 Å². The van der Waals surface area contributed by atoms with Crippen LogP contribution in [-0.4, -0.2) is 33.7 Å². The number of carbonyl (C=O) groups is 2. The molecule has 6 nitrogen and oxygen atoms in total. The second-order valence-corrected chi connectivity index (χ2v) is 8.19. The van der Waals surface area contributed by atoms with Crippen LogP contribution in [0.3, 0.4) is 0 Å². The summed E-state index contributed by atoms with van der Waals surface area (Å²) in [5.74, 6) is -0.511. The molecule has 0 aliphatic heterocycles. The Morgan fingerprint density at radius 3 is 1.41 bits per heavy atom. The van der Waals surface area contributed by atoms with E-state index in [2.05, 4.69) is 21.1 Å². The molecule has 0 aliphatic rings. The van der Waals surface area contributed by atoms with Crippen LogP contribution in [0, 0.1) is 0 Å². The van der Waals surface area contributed by atoms with Crippen molar-refractivity contribution in [2.45, 2.75) is 38.2 Å². The summed E-state index contributed by atoms with van der Waals surface area (Å²) in [5, 5.41) is 7.40. The van der Waals surface area contributed by atoms with E-state index in [-0.39, 0.29) is 11.8 Å². The molecule has 7 heteroatoms. The van der Waals surface area contributed by atoms with Gasteiger partial charge in [0.05, 0.1) is 21.9 Å². The van der Waals surface area contributed by atoms with Crippen LogP contribution in [0.5, 0.6) is 0 Å². The highest BCUT2D eigenvalue weighted by Gasteiger charge is 2.21. The van der Waals surface area contributed by atoms with E-state index in [1.165, 1.54) is 11.8 Å². The van der Waals surface area contributed by atoms with Gasteiger partial charge in [-0.1, -0.05) is 60.7 Å². The van der Waals surface area contributed by atoms with Crippen molar-refractivity contribution in [3.05, 3.63) is 71.8 Å². The number of amides is 2. The van der Waals surface area contributed by atoms with Gasteiger partial charge in [0.15, 0.2) is 0 Å². The molecule has 2 amide bonds. The molecule has 0 heterocycles. The molecule has 0 fully saturated rings. The summed E-state index contributed by atoms with van der Waals surface area (Å²) in [6, 6.07) is 19.2. The van der Waals surface area contributed by atoms with Gasteiger partial charge in [-0.15, -0.1) is 11.8 Å². The number of rotatable bonds is 8. The number of hydrogen-bond acceptors (Lipinski definition) is 5. The molecule has 0 saturated heterocycles. The monoisotopic (exact) mass is 410 g/mol. The lowest BCUT2D eigenvalue weighted by molar-refractivity contribution is -0.120. The zero-order chi connectivity index (χ0) is 21.2. The molecule has 0 aliphatic carbocycles. The predicted octanol–water partition coefficient (Wildman–Crippen LogP) is 3.58. The molecule has 2 atom stereocenters. The Bertz CT molecular complexity index is 809. The Balaban J connectivity index is 1.84. The molecule has 0 bridgehead atoms. The Kier molecular flexibility index (Phi) is 8.61. The number of carbonyl (C=O) groups excluding carboxylic acids is 2. The van der Waals surface area contributed by atoms with E-state index in [4.69, 9.17) is 0 Å². The van der Waals surface area contributed by atoms with E-state index in [0.717, 1.165) is 11.1 Å². The smallest absolute Gasteiger partial charge is 0.252 e. The Morgan fingerprint density at radius 2 is 1.07 bits per heavy atom. The second kappa shape index (κ2) is 11.2. The Hall–Kier alpha value is -2.93. The van der Waals surface area contributed by atoms with Crippen LogP contribution < -0.4 is 10.9 Å². The first kappa shape index (κ1) is 22.4. The summed E-state index contributed by atoms with van der Waals surface area (Å²) >= 11 is 1.25. The molecular formula is C22H26N4O2S. The molecule has 152 valence electrons. The van der Waals surface area contributed by atoms with Crippen molar-refractivity contribution >= 4 is 35.0 Å². The van der Waals surface area contributed by atoms with Crippen molar-refractivity contribution in [3.63, 3.8) is 0 Å². The fourth-order valence-corrected chi connectivity index (χ4v) is 3.34. The molecule has 2 N–H and O–H groups in total. The SMILES string of the molecule is CC(=NNC(=O)C(C)SC(C)C(=O)NN=C(C)c1ccccc1)c1ccccc1. The number of benzene rings is 2. The molecule has 0 radical (unpaired) electrons. The maximum atomic E-state index is 12.3. The number of nitrogens with zero attached hydrogens (tertiary/aromatic N) is 2. The van der Waals surface area contributed by atoms with Gasteiger partial charge in [0.1, 0.15) is 0 Å². The van der Waals surface area contributed by atoms with Crippen LogP contribution in [0.15, 0.2) is 70.9 Å². The van der Waals surface area contributed by atoms with E-state index in [0.29, 0.717) is 11.4 Å². The molecule has 2 rings (SSSR count). The molecule has 2 aromatic rings. The van der Waals surface area contributed by atoms with Crippen LogP contribution >= 0.6 is 11.8 Å². The third-order valence-electron chi connectivity index (χ3n) is 4.20. The van der Waals surface area contributed by atoms with Gasteiger partial charge < -0.3 is 0 Å². The molecule has 2 aromatic carbocycles. The normalized spacial score (nSPS) is 14.1. The minimum atomic E-state index is -0.442. The largest absolute Gasteiger partial charge is 0.272 e. The summed E-state index contributed by atoms with van der Waals surface area (Å²) in [4.78, 5) is 24.6. The van der Waals surface area contributed by atoms with Crippen molar-refractivity contribution in [2.75, 3.05) is 0 Å². The second-order valence-electron chi connectivity index (χ2n) is 6.50. The maximum Gasteiger partial charge on any atom is 0.252 e. The van der Waals surface area contributed by atoms with Gasteiger partial charge in [-0.2, -0.15) is 10.2 Å². The third kappa shape index (κ3) is 7.19. The number of nitrogens with one attached hydrogen (secondary N) is 2. The fourth-order valence-electron chi connectivity index (χ4n) is 2.38. The van der Waals surface area contributed by atoms with Crippen LogP contribution in [-0.2, 0) is 9.59 Å². The van der Waals surface area contributed by atoms with Gasteiger partial charge >= 0.3 is 0 Å². The maximum absolute atomic E-state index is 12.3. The van der Waals surface area contributed by atoms with Gasteiger partial charge in [-0.25, -0.2) is 10.9 Å². The van der Waals surface area contributed by atoms with Gasteiger partial charge in [-0.05, 0) is 38.8 Å². The van der Waals surface area contributed by atoms with Gasteiger partial charge in [0.25, 0.3) is 11.8 Å². The summed E-state index contributed by atoms with van der Waals surface area (Å²) < 4.78 is 0. The Labute approximate surface area is 175 Å². The lowest BCUT2D eigenvalue weighted by atomic mass is 10.1. The standard InChI is InChI=1S/C22H26N4O2S/c1-15(19-11-7-5-8-12-19)23-25-21(27)17(3)29-18(4)22(28)26-24-16(2)20-13-9-6-10-14-20/h5-14,17-18H,1-4H3,(H,25,27)(H,26,28). The van der Waals surface area contributed by atoms with Crippen LogP contribution in [0.1, 0.15) is 38.8 Å². The van der Waals surface area contributed by atoms with Gasteiger partial charge in [0, 0.05) is 0 Å². The molecule has 0 aromatic heterocycles. The third-order valence-corrected chi connectivity index (χ3v) is 5.44. The highest BCUT2D eigenvalue weighted by Crippen LogP contribution is 2.18. The van der Waals surface area contributed by atoms with Crippen LogP contribution in [0.25, 0.3) is 0 Å². The molecule has 29 heavy (non-hydrogen) atoms. The quantitative estimate of drug-likeness (QED) is 0.515. The number of hydrogen-bond donors (Lipinski definition) is 2. The van der Waals surface area contributed by atoms with E-state index in [1.807, 2.05) is 74.5 Å². The highest BCUT2D eigenvalue weighted by atomic mass is 32.2. The van der Waals surface area contributed by atoms with Crippen LogP contribution in [0.2, 0.25) is 0 Å². The summed E-state index contributed by atoms with van der Waals surface area (Å²) in [6.45, 7) is 7.15. The topological polar surface area (TPSA) is 82.9 Å². The average Bonchev–Trinajstić information content (AvgIpc) is 2.76. The highest BCUT2D eigenvalue weighted by molar-refractivity contribution is 8.01. The fraction of sp³-hybridized carbons (Fsp3) is 0.273. The zero-order valence-corrected chi connectivity index (χ0v) is 17.9. The molecule has 0 spiro atoms. The van der Waals surface area contributed by atoms with E-state index >= 15 is 0 Å². The summed E-state index contributed by atoms with van der Waals surface area (Å²) in [7, 11) is 0. The van der Waals surface area contributed by atoms with E-state index in [9.17, 15) is 9.59 Å². The van der Waals surface area contributed by atoms with Crippen LogP contribution in [0.4, 0.5) is 0 Å². The first-order chi connectivity index (χ1) is 13.9. The molecular weight excluding hydrogens is 384 g/mol. The van der Waals surface area contributed by atoms with Gasteiger partial charge in [0.2, 0.25) is 0 Å². The van der Waals surface area contributed by atoms with Crippen molar-refractivity contribution < 1.29 is 9.59 Å². The minimum absolute atomic E-state index is 0.256. The number of hydrazone groups is 2. The van der Waals surface area contributed by atoms with E-state index < -0.39 is 10.5 Å². The summed E-state index contributed by atoms with van der Waals surface area (Å²) in [5.41, 5.74) is 8.44. The van der Waals surface area contributed by atoms with Gasteiger partial charge in [-0.3, -0.25) is 9.59 Å². The molecule has 0 saturated carbocycles. The first-order valence-corrected chi connectivity index (χ1v) is 10.3.